The van der Waals surface area contributed by atoms with Gasteiger partial charge in [0.2, 0.25) is 0 Å². The van der Waals surface area contributed by atoms with Gasteiger partial charge in [-0.25, -0.2) is 4.39 Å². The lowest BCUT2D eigenvalue weighted by atomic mass is 10.1. The van der Waals surface area contributed by atoms with Crippen molar-refractivity contribution in [3.63, 3.8) is 0 Å². The highest BCUT2D eigenvalue weighted by molar-refractivity contribution is 5.30. The molecule has 0 amide bonds. The molecule has 0 bridgehead atoms. The molecule has 0 spiro atoms. The Labute approximate surface area is 111 Å². The topological polar surface area (TPSA) is 42.4 Å². The van der Waals surface area contributed by atoms with Gasteiger partial charge >= 0.3 is 0 Å². The van der Waals surface area contributed by atoms with Crippen LogP contribution in [0, 0.1) is 12.7 Å². The average molecular weight is 261 g/mol. The molecule has 0 aliphatic rings. The summed E-state index contributed by atoms with van der Waals surface area (Å²) in [6.45, 7) is 3.81. The Morgan fingerprint density at radius 2 is 2.11 bits per heavy atom. The largest absolute Gasteiger partial charge is 0.489 e. The van der Waals surface area contributed by atoms with Crippen LogP contribution in [0.4, 0.5) is 4.39 Å². The highest BCUT2D eigenvalue weighted by Gasteiger charge is 2.09. The Kier molecular flexibility index (Phi) is 4.12. The van der Waals surface area contributed by atoms with Crippen molar-refractivity contribution in [2.75, 3.05) is 0 Å². The molecular weight excluding hydrogens is 245 g/mol. The highest BCUT2D eigenvalue weighted by atomic mass is 19.1. The molecule has 0 fully saturated rings. The first-order chi connectivity index (χ1) is 9.06. The van der Waals surface area contributed by atoms with Gasteiger partial charge in [0.05, 0.1) is 6.10 Å². The summed E-state index contributed by atoms with van der Waals surface area (Å²) in [5.41, 5.74) is 2.25. The van der Waals surface area contributed by atoms with Crippen LogP contribution in [0.2, 0.25) is 0 Å². The van der Waals surface area contributed by atoms with E-state index in [4.69, 9.17) is 4.74 Å². The smallest absolute Gasteiger partial charge is 0.132 e. The number of ether oxygens (including phenoxy) is 1. The van der Waals surface area contributed by atoms with Crippen LogP contribution < -0.4 is 4.74 Å². The minimum absolute atomic E-state index is 0.268. The van der Waals surface area contributed by atoms with E-state index in [0.717, 1.165) is 11.1 Å². The Bertz CT molecular complexity index is 570. The van der Waals surface area contributed by atoms with Crippen molar-refractivity contribution in [2.45, 2.75) is 26.6 Å². The van der Waals surface area contributed by atoms with Crippen LogP contribution in [0.1, 0.15) is 29.7 Å². The third-order valence-electron chi connectivity index (χ3n) is 2.76. The number of halogens is 1. The number of hydrogen-bond donors (Lipinski definition) is 1. The number of aliphatic hydroxyl groups is 1. The van der Waals surface area contributed by atoms with Crippen LogP contribution >= 0.6 is 0 Å². The summed E-state index contributed by atoms with van der Waals surface area (Å²) < 4.78 is 19.1. The molecule has 1 heterocycles. The van der Waals surface area contributed by atoms with Crippen LogP contribution in [-0.4, -0.2) is 10.1 Å². The van der Waals surface area contributed by atoms with Crippen LogP contribution in [0.15, 0.2) is 36.7 Å². The minimum atomic E-state index is -0.824. The van der Waals surface area contributed by atoms with Gasteiger partial charge in [-0.2, -0.15) is 0 Å². The van der Waals surface area contributed by atoms with E-state index in [1.165, 1.54) is 19.1 Å². The van der Waals surface area contributed by atoms with Crippen molar-refractivity contribution in [3.8, 4) is 5.75 Å². The third kappa shape index (κ3) is 3.51. The van der Waals surface area contributed by atoms with Gasteiger partial charge in [0, 0.05) is 29.6 Å². The standard InChI is InChI=1S/C15H16FNO2/c1-10-5-12(8-17-7-10)9-19-13-3-4-14(11(2)18)15(16)6-13/h3-8,11,18H,9H2,1-2H3. The predicted octanol–water partition coefficient (Wildman–Crippen LogP) is 3.16. The lowest BCUT2D eigenvalue weighted by Crippen LogP contribution is -1.99. The molecule has 4 heteroatoms. The van der Waals surface area contributed by atoms with E-state index in [2.05, 4.69) is 4.98 Å². The number of nitrogens with zero attached hydrogens (tertiary/aromatic N) is 1. The maximum absolute atomic E-state index is 13.6. The van der Waals surface area contributed by atoms with Gasteiger partial charge in [-0.05, 0) is 37.6 Å². The summed E-state index contributed by atoms with van der Waals surface area (Å²) in [7, 11) is 0. The lowest BCUT2D eigenvalue weighted by Gasteiger charge is -2.10. The summed E-state index contributed by atoms with van der Waals surface area (Å²) in [5, 5.41) is 9.34. The van der Waals surface area contributed by atoms with Gasteiger partial charge in [-0.1, -0.05) is 0 Å². The number of pyridine rings is 1. The zero-order chi connectivity index (χ0) is 13.8. The molecule has 2 rings (SSSR count). The SMILES string of the molecule is Cc1cncc(COc2ccc(C(C)O)c(F)c2)c1. The van der Waals surface area contributed by atoms with E-state index in [-0.39, 0.29) is 5.56 Å². The van der Waals surface area contributed by atoms with Gasteiger partial charge in [0.1, 0.15) is 18.2 Å². The van der Waals surface area contributed by atoms with Crippen LogP contribution in [0.3, 0.4) is 0 Å². The second-order valence-electron chi connectivity index (χ2n) is 4.52. The summed E-state index contributed by atoms with van der Waals surface area (Å²) in [5.74, 6) is -0.0294. The van der Waals surface area contributed by atoms with Crippen LogP contribution in [0.25, 0.3) is 0 Å². The van der Waals surface area contributed by atoms with E-state index in [1.54, 1.807) is 18.5 Å². The predicted molar refractivity (Wildman–Crippen MR) is 70.3 cm³/mol. The number of aryl methyl sites for hydroxylation is 1. The van der Waals surface area contributed by atoms with Crippen molar-refractivity contribution in [3.05, 3.63) is 59.2 Å². The van der Waals surface area contributed by atoms with Crippen molar-refractivity contribution < 1.29 is 14.2 Å². The fourth-order valence-corrected chi connectivity index (χ4v) is 1.80. The van der Waals surface area contributed by atoms with Crippen molar-refractivity contribution in [2.24, 2.45) is 0 Å². The molecule has 1 N–H and O–H groups in total. The molecule has 0 saturated carbocycles. The third-order valence-corrected chi connectivity index (χ3v) is 2.76. The van der Waals surface area contributed by atoms with Gasteiger partial charge in [0.15, 0.2) is 0 Å². The van der Waals surface area contributed by atoms with Gasteiger partial charge in [-0.15, -0.1) is 0 Å². The van der Waals surface area contributed by atoms with Crippen molar-refractivity contribution in [1.29, 1.82) is 0 Å². The quantitative estimate of drug-likeness (QED) is 0.919. The average Bonchev–Trinajstić information content (AvgIpc) is 2.36. The molecule has 100 valence electrons. The summed E-state index contributed by atoms with van der Waals surface area (Å²) in [6, 6.07) is 6.43. The maximum Gasteiger partial charge on any atom is 0.132 e. The highest BCUT2D eigenvalue weighted by Crippen LogP contribution is 2.22. The fraction of sp³-hybridized carbons (Fsp3) is 0.267. The van der Waals surface area contributed by atoms with Gasteiger partial charge in [-0.3, -0.25) is 4.98 Å². The van der Waals surface area contributed by atoms with Crippen LogP contribution in [0.5, 0.6) is 5.75 Å². The number of rotatable bonds is 4. The summed E-state index contributed by atoms with van der Waals surface area (Å²) >= 11 is 0. The number of aromatic nitrogens is 1. The second-order valence-corrected chi connectivity index (χ2v) is 4.52. The molecule has 0 aliphatic carbocycles. The summed E-state index contributed by atoms with van der Waals surface area (Å²) in [6.07, 6.45) is 2.66. The van der Waals surface area contributed by atoms with E-state index >= 15 is 0 Å². The second kappa shape index (κ2) is 5.80. The van der Waals surface area contributed by atoms with E-state index in [0.29, 0.717) is 12.4 Å². The Hall–Kier alpha value is -1.94. The maximum atomic E-state index is 13.6. The molecule has 3 nitrogen and oxygen atoms in total. The molecule has 1 aromatic carbocycles. The first-order valence-electron chi connectivity index (χ1n) is 6.07. The van der Waals surface area contributed by atoms with Crippen molar-refractivity contribution >= 4 is 0 Å². The molecule has 19 heavy (non-hydrogen) atoms. The van der Waals surface area contributed by atoms with Gasteiger partial charge < -0.3 is 9.84 Å². The Morgan fingerprint density at radius 1 is 1.32 bits per heavy atom. The number of aliphatic hydroxyl groups excluding tert-OH is 1. The molecule has 0 aliphatic heterocycles. The zero-order valence-corrected chi connectivity index (χ0v) is 10.9. The molecule has 1 unspecified atom stereocenters. The molecular formula is C15H16FNO2. The number of hydrogen-bond acceptors (Lipinski definition) is 3. The minimum Gasteiger partial charge on any atom is -0.489 e. The number of benzene rings is 1. The summed E-state index contributed by atoms with van der Waals surface area (Å²) in [4.78, 5) is 4.06. The molecule has 0 saturated heterocycles. The van der Waals surface area contributed by atoms with E-state index < -0.39 is 11.9 Å². The Balaban J connectivity index is 2.06. The molecule has 2 aromatic rings. The van der Waals surface area contributed by atoms with Gasteiger partial charge in [0.25, 0.3) is 0 Å². The van der Waals surface area contributed by atoms with Crippen molar-refractivity contribution in [1.82, 2.24) is 4.98 Å². The zero-order valence-electron chi connectivity index (χ0n) is 10.9. The van der Waals surface area contributed by atoms with E-state index in [1.807, 2.05) is 13.0 Å². The first kappa shape index (κ1) is 13.5. The van der Waals surface area contributed by atoms with Crippen LogP contribution in [-0.2, 0) is 6.61 Å². The first-order valence-corrected chi connectivity index (χ1v) is 6.07. The monoisotopic (exact) mass is 261 g/mol. The molecule has 1 aromatic heterocycles. The lowest BCUT2D eigenvalue weighted by molar-refractivity contribution is 0.194. The Morgan fingerprint density at radius 3 is 2.74 bits per heavy atom. The normalized spacial score (nSPS) is 12.2. The molecule has 0 radical (unpaired) electrons. The van der Waals surface area contributed by atoms with E-state index in [9.17, 15) is 9.50 Å². The molecule has 1 atom stereocenters. The fourth-order valence-electron chi connectivity index (χ4n) is 1.80.